The highest BCUT2D eigenvalue weighted by Crippen LogP contribution is 2.45. The Bertz CT molecular complexity index is 2810. The fourth-order valence-corrected chi connectivity index (χ4v) is 6.19. The summed E-state index contributed by atoms with van der Waals surface area (Å²) in [6, 6.07) is 25.2. The monoisotopic (exact) mass is 544 g/mol. The summed E-state index contributed by atoms with van der Waals surface area (Å²) in [5, 5.41) is 3.59. The molecule has 0 radical (unpaired) electrons. The van der Waals surface area contributed by atoms with Crippen LogP contribution in [-0.4, -0.2) is 0 Å². The van der Waals surface area contributed by atoms with Gasteiger partial charge < -0.3 is 8.83 Å². The number of hydrogen-bond donors (Lipinski definition) is 0. The van der Waals surface area contributed by atoms with Crippen LogP contribution < -0.4 is 0 Å². The Hall–Kier alpha value is -5.60. The molecule has 7 aromatic carbocycles. The summed E-state index contributed by atoms with van der Waals surface area (Å²) in [5.41, 5.74) is 5.48. The van der Waals surface area contributed by atoms with E-state index in [1.54, 1.807) is 30.5 Å². The zero-order chi connectivity index (χ0) is 34.6. The molecule has 0 aliphatic carbocycles. The second-order valence-corrected chi connectivity index (χ2v) is 10.3. The van der Waals surface area contributed by atoms with Gasteiger partial charge in [0, 0.05) is 21.7 Å². The maximum atomic E-state index is 9.14. The SMILES string of the molecule is [2H]c1c([2H])c([2H])c2c(-c3ccc(-c4cc5oc6ccccc6c5c5ccoc45)cc3)c3c([2H])c([2H])c([2H])c([2H])c3c(-c3ccccc3)c2c1[2H]. The van der Waals surface area contributed by atoms with Gasteiger partial charge in [0.2, 0.25) is 0 Å². The lowest BCUT2D eigenvalue weighted by molar-refractivity contribution is 0.616. The predicted octanol–water partition coefficient (Wildman–Crippen LogP) is 11.6. The molecule has 2 nitrogen and oxygen atoms in total. The average molecular weight is 545 g/mol. The minimum Gasteiger partial charge on any atom is -0.464 e. The fourth-order valence-electron chi connectivity index (χ4n) is 6.19. The van der Waals surface area contributed by atoms with Crippen LogP contribution in [0.5, 0.6) is 0 Å². The molecule has 0 fully saturated rings. The van der Waals surface area contributed by atoms with Crippen LogP contribution in [-0.2, 0) is 0 Å². The Kier molecular flexibility index (Phi) is 3.54. The van der Waals surface area contributed by atoms with Gasteiger partial charge >= 0.3 is 0 Å². The molecule has 0 bridgehead atoms. The molecule has 2 heterocycles. The molecule has 0 atom stereocenters. The molecule has 9 aromatic rings. The summed E-state index contributed by atoms with van der Waals surface area (Å²) in [6.45, 7) is 0. The molecule has 0 N–H and O–H groups in total. The van der Waals surface area contributed by atoms with E-state index >= 15 is 0 Å². The normalized spacial score (nSPS) is 14.5. The van der Waals surface area contributed by atoms with E-state index in [0.29, 0.717) is 33.4 Å². The van der Waals surface area contributed by atoms with Crippen molar-refractivity contribution < 1.29 is 19.8 Å². The zero-order valence-corrected chi connectivity index (χ0v) is 22.1. The molecule has 0 spiro atoms. The van der Waals surface area contributed by atoms with Gasteiger partial charge in [-0.25, -0.2) is 0 Å². The minimum absolute atomic E-state index is 0.178. The van der Waals surface area contributed by atoms with Crippen molar-refractivity contribution in [1.29, 1.82) is 0 Å². The molecule has 9 rings (SSSR count). The summed E-state index contributed by atoms with van der Waals surface area (Å²) in [4.78, 5) is 0. The van der Waals surface area contributed by atoms with Gasteiger partial charge in [-0.3, -0.25) is 0 Å². The lowest BCUT2D eigenvalue weighted by Gasteiger charge is -2.18. The van der Waals surface area contributed by atoms with E-state index in [1.165, 1.54) is 0 Å². The highest BCUT2D eigenvalue weighted by molar-refractivity contribution is 6.22. The summed E-state index contributed by atoms with van der Waals surface area (Å²) >= 11 is 0. The van der Waals surface area contributed by atoms with Gasteiger partial charge in [0.1, 0.15) is 16.7 Å². The Labute approximate surface area is 253 Å². The topological polar surface area (TPSA) is 26.3 Å². The van der Waals surface area contributed by atoms with Gasteiger partial charge in [0.25, 0.3) is 0 Å². The summed E-state index contributed by atoms with van der Waals surface area (Å²) in [6.07, 6.45) is 1.65. The first-order chi connectivity index (χ1) is 24.2. The smallest absolute Gasteiger partial charge is 0.142 e. The number of furan rings is 2. The van der Waals surface area contributed by atoms with Crippen LogP contribution in [0.2, 0.25) is 0 Å². The van der Waals surface area contributed by atoms with Crippen molar-refractivity contribution in [3.8, 4) is 33.4 Å². The van der Waals surface area contributed by atoms with Gasteiger partial charge in [0.05, 0.1) is 17.2 Å². The van der Waals surface area contributed by atoms with E-state index in [4.69, 9.17) is 19.8 Å². The average Bonchev–Trinajstić information content (AvgIpc) is 3.78. The maximum Gasteiger partial charge on any atom is 0.142 e. The Balaban J connectivity index is 1.38. The molecular formula is C40H24O2. The molecule has 0 amide bonds. The summed E-state index contributed by atoms with van der Waals surface area (Å²) in [5.74, 6) is 0. The first kappa shape index (κ1) is 16.6. The number of rotatable bonds is 3. The first-order valence-corrected chi connectivity index (χ1v) is 13.6. The molecule has 196 valence electrons. The van der Waals surface area contributed by atoms with Crippen molar-refractivity contribution >= 4 is 54.5 Å². The zero-order valence-electron chi connectivity index (χ0n) is 30.1. The van der Waals surface area contributed by atoms with Crippen molar-refractivity contribution in [2.45, 2.75) is 0 Å². The third kappa shape index (κ3) is 3.33. The number of hydrogen-bond acceptors (Lipinski definition) is 2. The summed E-state index contributed by atoms with van der Waals surface area (Å²) in [7, 11) is 0. The van der Waals surface area contributed by atoms with Crippen LogP contribution in [0.15, 0.2) is 154 Å². The quantitative estimate of drug-likeness (QED) is 0.207. The third-order valence-electron chi connectivity index (χ3n) is 8.00. The van der Waals surface area contributed by atoms with Gasteiger partial charge in [0.15, 0.2) is 0 Å². The van der Waals surface area contributed by atoms with E-state index in [9.17, 15) is 0 Å². The number of fused-ring (bicyclic) bond motifs is 7. The molecule has 0 aliphatic heterocycles. The highest BCUT2D eigenvalue weighted by Gasteiger charge is 2.19. The molecular weight excluding hydrogens is 512 g/mol. The van der Waals surface area contributed by atoms with Crippen LogP contribution in [0.4, 0.5) is 0 Å². The standard InChI is InChI=1S/C40H24O2/c1-2-10-26(11-3-1)37-28-12-4-6-14-30(28)38(31-15-7-5-13-29(31)37)27-20-18-25(19-21-27)34-24-36-39(33-22-23-41-40(33)34)32-16-8-9-17-35(32)42-36/h1-24H/i4D,5D,6D,7D,12D,13D,14D,15D. The second kappa shape index (κ2) is 8.95. The molecule has 2 aromatic heterocycles. The van der Waals surface area contributed by atoms with Crippen LogP contribution in [0, 0.1) is 0 Å². The molecule has 0 unspecified atom stereocenters. The van der Waals surface area contributed by atoms with Gasteiger partial charge in [-0.15, -0.1) is 0 Å². The van der Waals surface area contributed by atoms with E-state index in [0.717, 1.165) is 32.9 Å². The molecule has 42 heavy (non-hydrogen) atoms. The van der Waals surface area contributed by atoms with E-state index in [1.807, 2.05) is 66.7 Å². The van der Waals surface area contributed by atoms with Crippen LogP contribution in [0.25, 0.3) is 87.8 Å². The van der Waals surface area contributed by atoms with Crippen molar-refractivity contribution in [1.82, 2.24) is 0 Å². The predicted molar refractivity (Wildman–Crippen MR) is 175 cm³/mol. The van der Waals surface area contributed by atoms with E-state index < -0.39 is 24.2 Å². The molecule has 2 heteroatoms. The van der Waals surface area contributed by atoms with E-state index in [-0.39, 0.29) is 45.7 Å². The molecule has 0 saturated carbocycles. The van der Waals surface area contributed by atoms with Crippen LogP contribution in [0.3, 0.4) is 0 Å². The van der Waals surface area contributed by atoms with Crippen molar-refractivity contribution in [3.63, 3.8) is 0 Å². The van der Waals surface area contributed by atoms with Crippen molar-refractivity contribution in [2.75, 3.05) is 0 Å². The number of para-hydroxylation sites is 1. The van der Waals surface area contributed by atoms with Gasteiger partial charge in [-0.05, 0) is 67.6 Å². The Morgan fingerprint density at radius 1 is 0.476 bits per heavy atom. The fraction of sp³-hybridized carbons (Fsp3) is 0. The van der Waals surface area contributed by atoms with Crippen molar-refractivity contribution in [2.24, 2.45) is 0 Å². The number of benzene rings is 7. The van der Waals surface area contributed by atoms with Crippen molar-refractivity contribution in [3.05, 3.63) is 146 Å². The second-order valence-electron chi connectivity index (χ2n) is 10.3. The molecule has 0 aliphatic rings. The third-order valence-corrected chi connectivity index (χ3v) is 8.00. The van der Waals surface area contributed by atoms with E-state index in [2.05, 4.69) is 0 Å². The first-order valence-electron chi connectivity index (χ1n) is 17.6. The molecule has 0 saturated heterocycles. The lowest BCUT2D eigenvalue weighted by Crippen LogP contribution is -1.90. The van der Waals surface area contributed by atoms with Gasteiger partial charge in [-0.1, -0.05) is 121 Å². The van der Waals surface area contributed by atoms with Crippen LogP contribution >= 0.6 is 0 Å². The lowest BCUT2D eigenvalue weighted by atomic mass is 9.85. The highest BCUT2D eigenvalue weighted by atomic mass is 16.3. The summed E-state index contributed by atoms with van der Waals surface area (Å²) < 4.78 is 83.1. The Morgan fingerprint density at radius 3 is 1.71 bits per heavy atom. The van der Waals surface area contributed by atoms with Gasteiger partial charge in [-0.2, -0.15) is 0 Å². The minimum atomic E-state index is -0.432. The van der Waals surface area contributed by atoms with Crippen LogP contribution in [0.1, 0.15) is 11.0 Å². The maximum absolute atomic E-state index is 9.14. The largest absolute Gasteiger partial charge is 0.464 e. The Morgan fingerprint density at radius 2 is 1.05 bits per heavy atom.